The van der Waals surface area contributed by atoms with Crippen LogP contribution in [0.5, 0.6) is 0 Å². The van der Waals surface area contributed by atoms with E-state index in [1.54, 1.807) is 41.5 Å². The molecule has 79 heavy (non-hydrogen) atoms. The predicted octanol–water partition coefficient (Wildman–Crippen LogP) is 30.5. The summed E-state index contributed by atoms with van der Waals surface area (Å²) in [6.45, 7) is 67.3. The highest BCUT2D eigenvalue weighted by atomic mass is 19.4. The molecular weight excluding hydrogens is 1030 g/mol. The molecule has 4 atom stereocenters. The zero-order valence-corrected chi connectivity index (χ0v) is 59.5. The zero-order valence-electron chi connectivity index (χ0n) is 62.5. The lowest BCUT2D eigenvalue weighted by atomic mass is 9.91. The molecule has 0 aromatic carbocycles. The first-order valence-electron chi connectivity index (χ1n) is 32.8. The zero-order chi connectivity index (χ0) is 70.0. The van der Waals surface area contributed by atoms with Crippen molar-refractivity contribution < 1.29 is 56.8 Å². The van der Waals surface area contributed by atoms with Gasteiger partial charge in [-0.25, -0.2) is 0 Å². The van der Waals surface area contributed by atoms with E-state index in [4.69, 9.17) is 4.11 Å². The molecular formula is C67H150F12. The van der Waals surface area contributed by atoms with Crippen LogP contribution >= 0.6 is 0 Å². The van der Waals surface area contributed by atoms with E-state index in [0.717, 1.165) is 17.8 Å². The summed E-state index contributed by atoms with van der Waals surface area (Å²) < 4.78 is 159. The Bertz CT molecular complexity index is 1000. The van der Waals surface area contributed by atoms with E-state index in [-0.39, 0.29) is 30.6 Å². The number of alkyl halides is 12. The van der Waals surface area contributed by atoms with E-state index in [2.05, 4.69) is 132 Å². The van der Waals surface area contributed by atoms with E-state index in [1.165, 1.54) is 91.4 Å². The van der Waals surface area contributed by atoms with E-state index < -0.39 is 55.8 Å². The lowest BCUT2D eigenvalue weighted by molar-refractivity contribution is -0.171. The second-order valence-corrected chi connectivity index (χ2v) is 23.0. The average molecular weight is 1190 g/mol. The first kappa shape index (κ1) is 103. The summed E-state index contributed by atoms with van der Waals surface area (Å²) in [5.74, 6) is -0.384. The quantitative estimate of drug-likeness (QED) is 0.143. The summed E-state index contributed by atoms with van der Waals surface area (Å²) in [6, 6.07) is 0. The van der Waals surface area contributed by atoms with Crippen molar-refractivity contribution in [3.05, 3.63) is 0 Å². The molecule has 0 heterocycles. The van der Waals surface area contributed by atoms with Gasteiger partial charge in [-0.1, -0.05) is 332 Å². The number of hydrogen-bond acceptors (Lipinski definition) is 0. The van der Waals surface area contributed by atoms with Gasteiger partial charge in [-0.05, 0) is 60.2 Å². The molecule has 502 valence electrons. The van der Waals surface area contributed by atoms with Crippen LogP contribution in [0.25, 0.3) is 0 Å². The maximum Gasteiger partial charge on any atom is 0.391 e. The topological polar surface area (TPSA) is 0 Å². The summed E-state index contributed by atoms with van der Waals surface area (Å²) in [5, 5.41) is 0. The minimum atomic E-state index is -3.99. The van der Waals surface area contributed by atoms with E-state index in [0.29, 0.717) is 31.1 Å². The molecule has 0 aliphatic carbocycles. The molecule has 0 spiro atoms. The summed E-state index contributed by atoms with van der Waals surface area (Å²) >= 11 is 0. The summed E-state index contributed by atoms with van der Waals surface area (Å²) in [7, 11) is 0. The molecule has 0 amide bonds. The molecule has 0 N–H and O–H groups in total. The fourth-order valence-electron chi connectivity index (χ4n) is 3.59. The Morgan fingerprint density at radius 2 is 0.620 bits per heavy atom. The Morgan fingerprint density at radius 3 is 0.646 bits per heavy atom. The second kappa shape index (κ2) is 83.6. The summed E-state index contributed by atoms with van der Waals surface area (Å²) in [4.78, 5) is 0. The molecule has 0 aliphatic rings. The largest absolute Gasteiger partial charge is 0.391 e. The fourth-order valence-corrected chi connectivity index (χ4v) is 3.59. The van der Waals surface area contributed by atoms with Crippen molar-refractivity contribution in [3.63, 3.8) is 0 Å². The van der Waals surface area contributed by atoms with Crippen LogP contribution in [0.15, 0.2) is 0 Å². The van der Waals surface area contributed by atoms with Gasteiger partial charge < -0.3 is 0 Å². The van der Waals surface area contributed by atoms with Crippen LogP contribution < -0.4 is 0 Å². The third-order valence-corrected chi connectivity index (χ3v) is 9.25. The highest BCUT2D eigenvalue weighted by Crippen LogP contribution is 2.29. The number of unbranched alkanes of at least 4 members (excludes halogenated alkanes) is 3. The Kier molecular flexibility index (Phi) is 109. The van der Waals surface area contributed by atoms with Crippen LogP contribution in [-0.4, -0.2) is 24.7 Å². The third kappa shape index (κ3) is 234. The van der Waals surface area contributed by atoms with Gasteiger partial charge in [0.15, 0.2) is 0 Å². The van der Waals surface area contributed by atoms with Gasteiger partial charge in [-0.2, -0.15) is 52.7 Å². The molecule has 0 rings (SSSR count). The van der Waals surface area contributed by atoms with Crippen LogP contribution in [0, 0.1) is 52.7 Å². The minimum Gasteiger partial charge on any atom is -0.171 e. The minimum absolute atomic E-state index is 0.170. The first-order valence-corrected chi connectivity index (χ1v) is 31.3. The maximum absolute atomic E-state index is 11.6. The molecule has 0 nitrogen and oxygen atoms in total. The highest BCUT2D eigenvalue weighted by molar-refractivity contribution is 4.61. The molecule has 0 aliphatic heterocycles. The molecule has 0 saturated heterocycles. The second-order valence-electron chi connectivity index (χ2n) is 23.0. The Labute approximate surface area is 496 Å². The van der Waals surface area contributed by atoms with E-state index in [1.807, 2.05) is 41.5 Å². The Hall–Kier alpha value is -0.840. The Balaban J connectivity index is -0.0000000513. The molecule has 0 fully saturated rings. The monoisotopic (exact) mass is 1190 g/mol. The van der Waals surface area contributed by atoms with E-state index >= 15 is 0 Å². The average Bonchev–Trinajstić information content (AvgIpc) is 3.28. The Morgan fingerprint density at radius 1 is 0.367 bits per heavy atom. The normalized spacial score (nSPS) is 12.8. The van der Waals surface area contributed by atoms with Gasteiger partial charge in [0.25, 0.3) is 0 Å². The fraction of sp³-hybridized carbons (Fsp3) is 1.00. The third-order valence-electron chi connectivity index (χ3n) is 9.25. The molecule has 2 unspecified atom stereocenters. The standard InChI is InChI=1S/C7H16.3C6H11F3.C6H14.C5H9F3.2C5H12.4C4H10.C3H8.C2H6/c1-5-6-7(2,3)4;2*1-3-5(2)4-6(7,8)9;1-3-4-5(2)6(7,8)9;1-4-5-6(2)3;1-3-4(2)5(6,7)8;1-4-5(2)3;1-3-5-4-2;2*1-4(2)3;2*1-3-4-2;1-3-2;1-2/h5-6H2,1-4H3;3*5H,3-4H2,1-2H3;6H,4-5H2,1-3H3;4H,3H2,1-2H3;5H,4H2,1-3H3;3-5H2,1-2H3;2*4H,1-3H3;2*3-4H2,1-2H3;3H2,1-2H3;1-2H3/t;2*5-;;;;;;;;;;;/m.00.........../s1/i;;;;;;;;4D;;3D2;;;. The van der Waals surface area contributed by atoms with Gasteiger partial charge in [-0.15, -0.1) is 0 Å². The van der Waals surface area contributed by atoms with Crippen molar-refractivity contribution in [2.24, 2.45) is 52.7 Å². The summed E-state index contributed by atoms with van der Waals surface area (Å²) in [5.41, 5.74) is 0.550. The molecule has 0 radical (unpaired) electrons. The van der Waals surface area contributed by atoms with Gasteiger partial charge in [0.05, 0.1) is 11.8 Å². The summed E-state index contributed by atoms with van der Waals surface area (Å²) in [6.07, 6.45) is -0.760. The van der Waals surface area contributed by atoms with Crippen molar-refractivity contribution in [1.29, 1.82) is 0 Å². The van der Waals surface area contributed by atoms with Gasteiger partial charge in [0.1, 0.15) is 0 Å². The number of rotatable bonds is 15. The van der Waals surface area contributed by atoms with Gasteiger partial charge in [0, 0.05) is 17.0 Å². The van der Waals surface area contributed by atoms with Crippen molar-refractivity contribution in [3.8, 4) is 0 Å². The molecule has 0 bridgehead atoms. The maximum atomic E-state index is 11.6. The number of hydrogen-bond donors (Lipinski definition) is 0. The molecule has 12 heteroatoms. The predicted molar refractivity (Wildman–Crippen MR) is 340 cm³/mol. The van der Waals surface area contributed by atoms with Gasteiger partial charge in [0.2, 0.25) is 0 Å². The van der Waals surface area contributed by atoms with Crippen molar-refractivity contribution in [2.45, 2.75) is 388 Å². The van der Waals surface area contributed by atoms with Crippen LogP contribution in [-0.2, 0) is 0 Å². The SMILES string of the molecule is CC.CC(C)C.CCC.CCC(C)C.CCC(C)C(F)(F)F.CCCC.CCCC(C)(C)C.CCCC(C)C.CCCC(C)C(F)(F)F.CCCCC.CC[C@H](C)CC(F)(F)F.CC[C@H](C)CC(F)(F)F.[2H]C(C)(C)C.[2H]C([2H])(C)CC. The van der Waals surface area contributed by atoms with Crippen molar-refractivity contribution >= 4 is 0 Å². The van der Waals surface area contributed by atoms with Gasteiger partial charge >= 0.3 is 24.7 Å². The van der Waals surface area contributed by atoms with Gasteiger partial charge in [-0.3, -0.25) is 0 Å². The van der Waals surface area contributed by atoms with Crippen LogP contribution in [0.1, 0.15) is 368 Å². The van der Waals surface area contributed by atoms with E-state index in [9.17, 15) is 52.7 Å². The lowest BCUT2D eigenvalue weighted by Gasteiger charge is -2.15. The molecule has 0 aromatic heterocycles. The smallest absolute Gasteiger partial charge is 0.171 e. The first-order chi connectivity index (χ1) is 36.5. The van der Waals surface area contributed by atoms with Crippen LogP contribution in [0.2, 0.25) is 0 Å². The highest BCUT2D eigenvalue weighted by Gasteiger charge is 2.35. The number of halogens is 12. The molecule has 0 aromatic rings. The molecule has 0 saturated carbocycles. The van der Waals surface area contributed by atoms with Crippen molar-refractivity contribution in [2.75, 3.05) is 0 Å². The van der Waals surface area contributed by atoms with Crippen LogP contribution in [0.4, 0.5) is 52.7 Å². The van der Waals surface area contributed by atoms with Crippen LogP contribution in [0.3, 0.4) is 0 Å². The van der Waals surface area contributed by atoms with Crippen molar-refractivity contribution in [1.82, 2.24) is 0 Å². The lowest BCUT2D eigenvalue weighted by Crippen LogP contribution is -2.19.